The topological polar surface area (TPSA) is 61.8 Å². The molecule has 2 rings (SSSR count). The number of anilines is 3. The zero-order valence-electron chi connectivity index (χ0n) is 10.2. The number of aryl methyl sites for hydroxylation is 1. The summed E-state index contributed by atoms with van der Waals surface area (Å²) < 4.78 is 26.9. The van der Waals surface area contributed by atoms with Crippen molar-refractivity contribution in [1.82, 2.24) is 0 Å². The van der Waals surface area contributed by atoms with Crippen molar-refractivity contribution in [2.24, 2.45) is 0 Å². The Labute approximate surface area is 109 Å². The molecule has 0 amide bonds. The molecule has 0 fully saturated rings. The molecule has 0 heterocycles. The molecule has 0 aliphatic carbocycles. The fourth-order valence-electron chi connectivity index (χ4n) is 1.65. The number of nitrogens with one attached hydrogen (secondary N) is 1. The van der Waals surface area contributed by atoms with Gasteiger partial charge in [0.15, 0.2) is 11.6 Å². The number of benzene rings is 2. The summed E-state index contributed by atoms with van der Waals surface area (Å²) in [6.45, 7) is 1.79. The first-order valence-electron chi connectivity index (χ1n) is 5.54. The molecule has 0 aliphatic rings. The monoisotopic (exact) mass is 259 g/mol. The predicted molar refractivity (Wildman–Crippen MR) is 69.9 cm³/mol. The Morgan fingerprint density at radius 1 is 1.21 bits per heavy atom. The van der Waals surface area contributed by atoms with Crippen LogP contribution < -0.4 is 11.1 Å². The van der Waals surface area contributed by atoms with Crippen molar-refractivity contribution in [3.05, 3.63) is 53.1 Å². The first kappa shape index (κ1) is 12.8. The molecule has 0 spiro atoms. The average molecular weight is 259 g/mol. The van der Waals surface area contributed by atoms with E-state index in [1.165, 1.54) is 6.07 Å². The molecule has 0 unspecified atom stereocenters. The fourth-order valence-corrected chi connectivity index (χ4v) is 1.65. The lowest BCUT2D eigenvalue weighted by Gasteiger charge is -2.13. The Morgan fingerprint density at radius 2 is 1.95 bits per heavy atom. The molecule has 2 aromatic rings. The maximum Gasteiger partial charge on any atom is 0.184 e. The lowest BCUT2D eigenvalue weighted by Crippen LogP contribution is -2.02. The van der Waals surface area contributed by atoms with Crippen LogP contribution in [-0.4, -0.2) is 0 Å². The van der Waals surface area contributed by atoms with E-state index >= 15 is 0 Å². The Hall–Kier alpha value is -2.61. The van der Waals surface area contributed by atoms with E-state index in [0.717, 1.165) is 11.6 Å². The van der Waals surface area contributed by atoms with Crippen molar-refractivity contribution in [3.63, 3.8) is 0 Å². The fraction of sp³-hybridized carbons (Fsp3) is 0.0714. The van der Waals surface area contributed by atoms with Gasteiger partial charge in [-0.3, -0.25) is 0 Å². The number of nitrogens with zero attached hydrogens (tertiary/aromatic N) is 1. The molecule has 0 saturated heterocycles. The minimum atomic E-state index is -1.04. The molecule has 5 heteroatoms. The maximum atomic E-state index is 13.7. The van der Waals surface area contributed by atoms with Gasteiger partial charge in [-0.15, -0.1) is 0 Å². The van der Waals surface area contributed by atoms with E-state index in [2.05, 4.69) is 5.32 Å². The highest BCUT2D eigenvalue weighted by Crippen LogP contribution is 2.29. The molecule has 96 valence electrons. The molecule has 0 atom stereocenters. The highest BCUT2D eigenvalue weighted by Gasteiger charge is 2.13. The Balaban J connectivity index is 2.48. The van der Waals surface area contributed by atoms with Crippen LogP contribution in [0.15, 0.2) is 30.3 Å². The second kappa shape index (κ2) is 4.94. The first-order chi connectivity index (χ1) is 9.02. The van der Waals surface area contributed by atoms with Crippen LogP contribution in [0.25, 0.3) is 0 Å². The van der Waals surface area contributed by atoms with Crippen LogP contribution in [0.3, 0.4) is 0 Å². The molecule has 0 bridgehead atoms. The first-order valence-corrected chi connectivity index (χ1v) is 5.54. The second-order valence-corrected chi connectivity index (χ2v) is 4.09. The smallest absolute Gasteiger partial charge is 0.184 e. The molecule has 3 N–H and O–H groups in total. The standard InChI is InChI=1S/C14H11F2N3/c1-8-2-3-9(7-17)6-12(8)19-14-11(18)5-4-10(15)13(14)16/h2-6,19H,18H2,1H3. The molecular formula is C14H11F2N3. The van der Waals surface area contributed by atoms with Crippen molar-refractivity contribution in [2.75, 3.05) is 11.1 Å². The number of nitrogen functional groups attached to an aromatic ring is 1. The summed E-state index contributed by atoms with van der Waals surface area (Å²) in [5.74, 6) is -2.02. The van der Waals surface area contributed by atoms with Gasteiger partial charge in [0.2, 0.25) is 0 Å². The van der Waals surface area contributed by atoms with Gasteiger partial charge < -0.3 is 11.1 Å². The zero-order chi connectivity index (χ0) is 14.0. The summed E-state index contributed by atoms with van der Waals surface area (Å²) in [5, 5.41) is 11.6. The third-order valence-corrected chi connectivity index (χ3v) is 2.75. The lowest BCUT2D eigenvalue weighted by atomic mass is 10.1. The van der Waals surface area contributed by atoms with Gasteiger partial charge in [-0.05, 0) is 36.8 Å². The van der Waals surface area contributed by atoms with E-state index in [0.29, 0.717) is 11.3 Å². The molecule has 19 heavy (non-hydrogen) atoms. The number of halogens is 2. The quantitative estimate of drug-likeness (QED) is 0.812. The molecule has 0 saturated carbocycles. The van der Waals surface area contributed by atoms with Crippen molar-refractivity contribution < 1.29 is 8.78 Å². The summed E-state index contributed by atoms with van der Waals surface area (Å²) in [5.41, 5.74) is 7.32. The number of rotatable bonds is 2. The molecule has 3 nitrogen and oxygen atoms in total. The van der Waals surface area contributed by atoms with E-state index in [4.69, 9.17) is 11.0 Å². The predicted octanol–water partition coefficient (Wildman–Crippen LogP) is 3.47. The number of nitrogens with two attached hydrogens (primary N) is 1. The third-order valence-electron chi connectivity index (χ3n) is 2.75. The van der Waals surface area contributed by atoms with Gasteiger partial charge in [0.05, 0.1) is 17.3 Å². The van der Waals surface area contributed by atoms with Crippen molar-refractivity contribution in [1.29, 1.82) is 5.26 Å². The minimum Gasteiger partial charge on any atom is -0.397 e. The Morgan fingerprint density at radius 3 is 2.63 bits per heavy atom. The molecule has 0 radical (unpaired) electrons. The average Bonchev–Trinajstić information content (AvgIpc) is 2.41. The third kappa shape index (κ3) is 2.47. The zero-order valence-corrected chi connectivity index (χ0v) is 10.2. The van der Waals surface area contributed by atoms with Crippen LogP contribution in [0, 0.1) is 29.9 Å². The van der Waals surface area contributed by atoms with Gasteiger partial charge in [-0.25, -0.2) is 8.78 Å². The lowest BCUT2D eigenvalue weighted by molar-refractivity contribution is 0.512. The number of hydrogen-bond donors (Lipinski definition) is 2. The largest absolute Gasteiger partial charge is 0.397 e. The van der Waals surface area contributed by atoms with Crippen molar-refractivity contribution in [3.8, 4) is 6.07 Å². The van der Waals surface area contributed by atoms with Gasteiger partial charge in [0, 0.05) is 5.69 Å². The number of nitriles is 1. The normalized spacial score (nSPS) is 10.0. The van der Waals surface area contributed by atoms with Gasteiger partial charge in [-0.1, -0.05) is 6.07 Å². The van der Waals surface area contributed by atoms with Gasteiger partial charge in [-0.2, -0.15) is 5.26 Å². The summed E-state index contributed by atoms with van der Waals surface area (Å²) in [7, 11) is 0. The van der Waals surface area contributed by atoms with E-state index in [9.17, 15) is 8.78 Å². The summed E-state index contributed by atoms with van der Waals surface area (Å²) in [6.07, 6.45) is 0. The maximum absolute atomic E-state index is 13.7. The molecular weight excluding hydrogens is 248 g/mol. The van der Waals surface area contributed by atoms with Crippen molar-refractivity contribution in [2.45, 2.75) is 6.92 Å². The van der Waals surface area contributed by atoms with Gasteiger partial charge in [0.25, 0.3) is 0 Å². The van der Waals surface area contributed by atoms with Crippen LogP contribution in [-0.2, 0) is 0 Å². The summed E-state index contributed by atoms with van der Waals surface area (Å²) in [4.78, 5) is 0. The molecule has 0 aromatic heterocycles. The van der Waals surface area contributed by atoms with E-state index in [1.54, 1.807) is 25.1 Å². The van der Waals surface area contributed by atoms with Gasteiger partial charge >= 0.3 is 0 Å². The minimum absolute atomic E-state index is 0.0978. The highest BCUT2D eigenvalue weighted by atomic mass is 19.2. The Kier molecular flexibility index (Phi) is 3.34. The van der Waals surface area contributed by atoms with Crippen LogP contribution >= 0.6 is 0 Å². The summed E-state index contributed by atoms with van der Waals surface area (Å²) in [6, 6.07) is 9.15. The highest BCUT2D eigenvalue weighted by molar-refractivity contribution is 5.75. The van der Waals surface area contributed by atoms with Crippen LogP contribution in [0.1, 0.15) is 11.1 Å². The van der Waals surface area contributed by atoms with Crippen LogP contribution in [0.4, 0.5) is 25.8 Å². The molecule has 2 aromatic carbocycles. The SMILES string of the molecule is Cc1ccc(C#N)cc1Nc1c(N)ccc(F)c1F. The van der Waals surface area contributed by atoms with Gasteiger partial charge in [0.1, 0.15) is 5.69 Å². The van der Waals surface area contributed by atoms with E-state index < -0.39 is 11.6 Å². The molecule has 0 aliphatic heterocycles. The second-order valence-electron chi connectivity index (χ2n) is 4.09. The van der Waals surface area contributed by atoms with Crippen molar-refractivity contribution >= 4 is 17.1 Å². The van der Waals surface area contributed by atoms with Crippen LogP contribution in [0.2, 0.25) is 0 Å². The van der Waals surface area contributed by atoms with E-state index in [1.807, 2.05) is 6.07 Å². The summed E-state index contributed by atoms with van der Waals surface area (Å²) >= 11 is 0. The van der Waals surface area contributed by atoms with Crippen LogP contribution in [0.5, 0.6) is 0 Å². The Bertz CT molecular complexity index is 675. The van der Waals surface area contributed by atoms with E-state index in [-0.39, 0.29) is 11.4 Å². The number of hydrogen-bond acceptors (Lipinski definition) is 3.